The van der Waals surface area contributed by atoms with Crippen LogP contribution in [-0.4, -0.2) is 40.2 Å². The lowest BCUT2D eigenvalue weighted by atomic mass is 10.1. The second-order valence-corrected chi connectivity index (χ2v) is 5.67. The van der Waals surface area contributed by atoms with Gasteiger partial charge < -0.3 is 9.52 Å². The summed E-state index contributed by atoms with van der Waals surface area (Å²) in [6, 6.07) is 8.83. The second kappa shape index (κ2) is 6.72. The van der Waals surface area contributed by atoms with E-state index in [1.165, 1.54) is 0 Å². The van der Waals surface area contributed by atoms with Crippen molar-refractivity contribution in [1.82, 2.24) is 9.88 Å². The van der Waals surface area contributed by atoms with E-state index in [2.05, 4.69) is 4.98 Å². The van der Waals surface area contributed by atoms with Crippen LogP contribution in [0, 0.1) is 0 Å². The molecule has 1 aromatic carbocycles. The number of aromatic carboxylic acids is 1. The molecule has 5 nitrogen and oxygen atoms in total. The van der Waals surface area contributed by atoms with Crippen LogP contribution in [0.2, 0.25) is 0 Å². The van der Waals surface area contributed by atoms with Crippen molar-refractivity contribution in [3.63, 3.8) is 0 Å². The zero-order valence-corrected chi connectivity index (χ0v) is 13.1. The van der Waals surface area contributed by atoms with Crippen molar-refractivity contribution in [2.45, 2.75) is 19.1 Å². The van der Waals surface area contributed by atoms with E-state index in [0.29, 0.717) is 5.56 Å². The third-order valence-corrected chi connectivity index (χ3v) is 3.95. The molecule has 0 bridgehead atoms. The number of halogens is 3. The standard InChI is InChI=1S/C17H15F3N2O3/c18-17(19,20)12-6-8-22(9-7-12)10-13-14(16(23)24)21-15(25-13)11-4-2-1-3-5-11/h1-6H,7-10H2,(H,23,24). The van der Waals surface area contributed by atoms with Gasteiger partial charge in [0.05, 0.1) is 6.54 Å². The number of hydrogen-bond acceptors (Lipinski definition) is 4. The van der Waals surface area contributed by atoms with Gasteiger partial charge in [-0.15, -0.1) is 0 Å². The lowest BCUT2D eigenvalue weighted by molar-refractivity contribution is -0.0961. The lowest BCUT2D eigenvalue weighted by Crippen LogP contribution is -2.31. The van der Waals surface area contributed by atoms with Crippen LogP contribution in [0.1, 0.15) is 22.7 Å². The summed E-state index contributed by atoms with van der Waals surface area (Å²) in [7, 11) is 0. The smallest absolute Gasteiger partial charge is 0.412 e. The molecule has 1 N–H and O–H groups in total. The Balaban J connectivity index is 1.80. The molecule has 0 fully saturated rings. The Morgan fingerprint density at radius 1 is 1.28 bits per heavy atom. The SMILES string of the molecule is O=C(O)c1nc(-c2ccccc2)oc1CN1CC=C(C(F)(F)F)CC1. The van der Waals surface area contributed by atoms with Gasteiger partial charge >= 0.3 is 12.1 Å². The van der Waals surface area contributed by atoms with Gasteiger partial charge in [0, 0.05) is 24.2 Å². The zero-order valence-electron chi connectivity index (χ0n) is 13.1. The van der Waals surface area contributed by atoms with E-state index in [-0.39, 0.29) is 43.4 Å². The predicted molar refractivity (Wildman–Crippen MR) is 82.9 cm³/mol. The molecule has 0 amide bonds. The van der Waals surface area contributed by atoms with E-state index >= 15 is 0 Å². The van der Waals surface area contributed by atoms with Crippen LogP contribution in [0.25, 0.3) is 11.5 Å². The number of nitrogens with zero attached hydrogens (tertiary/aromatic N) is 2. The van der Waals surface area contributed by atoms with Crippen LogP contribution in [-0.2, 0) is 6.54 Å². The van der Waals surface area contributed by atoms with Gasteiger partial charge in [0.25, 0.3) is 0 Å². The summed E-state index contributed by atoms with van der Waals surface area (Å²) in [6.07, 6.45) is -3.32. The molecule has 1 aliphatic heterocycles. The molecule has 0 atom stereocenters. The number of carbonyl (C=O) groups is 1. The van der Waals surface area contributed by atoms with Crippen molar-refractivity contribution in [3.8, 4) is 11.5 Å². The first-order valence-electron chi connectivity index (χ1n) is 7.61. The Hall–Kier alpha value is -2.61. The van der Waals surface area contributed by atoms with Crippen LogP contribution in [0.15, 0.2) is 46.4 Å². The van der Waals surface area contributed by atoms with Crippen molar-refractivity contribution in [2.75, 3.05) is 13.1 Å². The minimum absolute atomic E-state index is 0.0786. The summed E-state index contributed by atoms with van der Waals surface area (Å²) in [5, 5.41) is 9.30. The third-order valence-electron chi connectivity index (χ3n) is 3.95. The minimum Gasteiger partial charge on any atom is -0.476 e. The largest absolute Gasteiger partial charge is 0.476 e. The van der Waals surface area contributed by atoms with E-state index in [9.17, 15) is 23.1 Å². The first-order valence-corrected chi connectivity index (χ1v) is 7.61. The summed E-state index contributed by atoms with van der Waals surface area (Å²) in [6.45, 7) is 0.337. The fourth-order valence-corrected chi connectivity index (χ4v) is 2.65. The summed E-state index contributed by atoms with van der Waals surface area (Å²) in [5.74, 6) is -0.920. The average molecular weight is 352 g/mol. The molecule has 0 aliphatic carbocycles. The Kier molecular flexibility index (Phi) is 4.63. The van der Waals surface area contributed by atoms with E-state index in [0.717, 1.165) is 6.08 Å². The highest BCUT2D eigenvalue weighted by Crippen LogP contribution is 2.31. The van der Waals surface area contributed by atoms with Crippen molar-refractivity contribution in [1.29, 1.82) is 0 Å². The van der Waals surface area contributed by atoms with Gasteiger partial charge in [-0.25, -0.2) is 9.78 Å². The Labute approximate surface area is 141 Å². The Bertz CT molecular complexity index is 797. The van der Waals surface area contributed by atoms with E-state index < -0.39 is 17.7 Å². The van der Waals surface area contributed by atoms with Gasteiger partial charge in [0.2, 0.25) is 5.89 Å². The molecule has 132 valence electrons. The number of rotatable bonds is 4. The highest BCUT2D eigenvalue weighted by molar-refractivity contribution is 5.87. The van der Waals surface area contributed by atoms with Crippen LogP contribution in [0.4, 0.5) is 13.2 Å². The van der Waals surface area contributed by atoms with Gasteiger partial charge in [-0.2, -0.15) is 13.2 Å². The number of aromatic nitrogens is 1. The summed E-state index contributed by atoms with van der Waals surface area (Å²) in [4.78, 5) is 17.1. The second-order valence-electron chi connectivity index (χ2n) is 5.67. The maximum Gasteiger partial charge on any atom is 0.412 e. The number of carboxylic acid groups (broad SMARTS) is 1. The molecule has 1 aromatic heterocycles. The van der Waals surface area contributed by atoms with Gasteiger partial charge in [-0.3, -0.25) is 4.90 Å². The van der Waals surface area contributed by atoms with Crippen LogP contribution in [0.3, 0.4) is 0 Å². The molecule has 0 saturated heterocycles. The molecule has 2 aromatic rings. The number of carboxylic acids is 1. The van der Waals surface area contributed by atoms with E-state index in [1.807, 2.05) is 6.07 Å². The van der Waals surface area contributed by atoms with Gasteiger partial charge in [0.15, 0.2) is 11.5 Å². The lowest BCUT2D eigenvalue weighted by Gasteiger charge is -2.26. The Morgan fingerprint density at radius 2 is 2.00 bits per heavy atom. The minimum atomic E-state index is -4.31. The van der Waals surface area contributed by atoms with Crippen molar-refractivity contribution in [2.24, 2.45) is 0 Å². The Morgan fingerprint density at radius 3 is 2.56 bits per heavy atom. The molecule has 0 saturated carbocycles. The first-order chi connectivity index (χ1) is 11.8. The third kappa shape index (κ3) is 3.90. The van der Waals surface area contributed by atoms with Crippen LogP contribution < -0.4 is 0 Å². The number of hydrogen-bond donors (Lipinski definition) is 1. The maximum absolute atomic E-state index is 12.7. The predicted octanol–water partition coefficient (Wildman–Crippen LogP) is 3.73. The highest BCUT2D eigenvalue weighted by Gasteiger charge is 2.35. The molecule has 8 heteroatoms. The molecule has 3 rings (SSSR count). The highest BCUT2D eigenvalue weighted by atomic mass is 19.4. The fourth-order valence-electron chi connectivity index (χ4n) is 2.65. The van der Waals surface area contributed by atoms with Crippen LogP contribution in [0.5, 0.6) is 0 Å². The molecule has 1 aliphatic rings. The number of alkyl halides is 3. The molecule has 25 heavy (non-hydrogen) atoms. The van der Waals surface area contributed by atoms with Crippen LogP contribution >= 0.6 is 0 Å². The van der Waals surface area contributed by atoms with E-state index in [1.54, 1.807) is 29.2 Å². The fraction of sp³-hybridized carbons (Fsp3) is 0.294. The molecular formula is C17H15F3N2O3. The summed E-state index contributed by atoms with van der Waals surface area (Å²) >= 11 is 0. The van der Waals surface area contributed by atoms with Gasteiger partial charge in [0.1, 0.15) is 0 Å². The molecule has 2 heterocycles. The summed E-state index contributed by atoms with van der Waals surface area (Å²) < 4.78 is 43.6. The number of benzene rings is 1. The van der Waals surface area contributed by atoms with Crippen molar-refractivity contribution >= 4 is 5.97 Å². The van der Waals surface area contributed by atoms with Gasteiger partial charge in [-0.1, -0.05) is 24.3 Å². The monoisotopic (exact) mass is 352 g/mol. The quantitative estimate of drug-likeness (QED) is 0.849. The number of oxazole rings is 1. The van der Waals surface area contributed by atoms with Gasteiger partial charge in [-0.05, 0) is 18.6 Å². The normalized spacial score (nSPS) is 15.9. The zero-order chi connectivity index (χ0) is 18.0. The topological polar surface area (TPSA) is 66.6 Å². The first kappa shape index (κ1) is 17.2. The molecule has 0 spiro atoms. The summed E-state index contributed by atoms with van der Waals surface area (Å²) in [5.41, 5.74) is -0.136. The van der Waals surface area contributed by atoms with Crippen molar-refractivity contribution < 1.29 is 27.5 Å². The molecule has 0 unspecified atom stereocenters. The molecule has 0 radical (unpaired) electrons. The van der Waals surface area contributed by atoms with E-state index in [4.69, 9.17) is 4.42 Å². The van der Waals surface area contributed by atoms with Crippen molar-refractivity contribution in [3.05, 3.63) is 53.4 Å². The maximum atomic E-state index is 12.7. The average Bonchev–Trinajstić information content (AvgIpc) is 2.99. The molecular weight excluding hydrogens is 337 g/mol.